The Balaban J connectivity index is 1.87. The summed E-state index contributed by atoms with van der Waals surface area (Å²) in [4.78, 5) is 23.3. The van der Waals surface area contributed by atoms with Crippen LogP contribution in [-0.2, 0) is 6.42 Å². The van der Waals surface area contributed by atoms with Crippen LogP contribution in [0, 0.1) is 15.9 Å². The highest BCUT2D eigenvalue weighted by atomic mass is 19.1. The molecule has 1 aromatic heterocycles. The Kier molecular flexibility index (Phi) is 4.41. The van der Waals surface area contributed by atoms with E-state index in [2.05, 4.69) is 5.10 Å². The average Bonchev–Trinajstić information content (AvgIpc) is 2.72. The van der Waals surface area contributed by atoms with E-state index in [4.69, 9.17) is 0 Å². The molecule has 0 unspecified atom stereocenters. The van der Waals surface area contributed by atoms with Crippen molar-refractivity contribution >= 4 is 16.5 Å². The Morgan fingerprint density at radius 2 is 1.57 bits per heavy atom. The highest BCUT2D eigenvalue weighted by molar-refractivity contribution is 5.84. The first-order valence-corrected chi connectivity index (χ1v) is 8.53. The second-order valence-electron chi connectivity index (χ2n) is 6.29. The number of nitrogens with zero attached hydrogens (tertiary/aromatic N) is 3. The van der Waals surface area contributed by atoms with E-state index in [-0.39, 0.29) is 17.1 Å². The topological polar surface area (TPSA) is 78.0 Å². The summed E-state index contributed by atoms with van der Waals surface area (Å²) in [5, 5.41) is 16.6. The van der Waals surface area contributed by atoms with Gasteiger partial charge < -0.3 is 0 Å². The van der Waals surface area contributed by atoms with Gasteiger partial charge in [-0.15, -0.1) is 0 Å². The van der Waals surface area contributed by atoms with Crippen LogP contribution >= 0.6 is 0 Å². The number of nitro benzene ring substituents is 1. The molecular formula is C21H14FN3O3. The number of rotatable bonds is 4. The maximum Gasteiger partial charge on any atom is 0.279 e. The third-order valence-corrected chi connectivity index (χ3v) is 4.47. The Hall–Kier alpha value is -3.87. The lowest BCUT2D eigenvalue weighted by Crippen LogP contribution is -2.23. The molecule has 0 spiro atoms. The fraction of sp³-hybridized carbons (Fsp3) is 0.0476. The van der Waals surface area contributed by atoms with Gasteiger partial charge in [-0.2, -0.15) is 9.78 Å². The van der Waals surface area contributed by atoms with E-state index in [1.54, 1.807) is 24.3 Å². The van der Waals surface area contributed by atoms with Gasteiger partial charge in [0.2, 0.25) is 0 Å². The summed E-state index contributed by atoms with van der Waals surface area (Å²) in [6.45, 7) is 0. The van der Waals surface area contributed by atoms with Gasteiger partial charge in [-0.05, 0) is 35.9 Å². The number of halogens is 1. The minimum Gasteiger partial charge on any atom is -0.267 e. The summed E-state index contributed by atoms with van der Waals surface area (Å²) >= 11 is 0. The van der Waals surface area contributed by atoms with Crippen molar-refractivity contribution in [1.82, 2.24) is 9.78 Å². The van der Waals surface area contributed by atoms with E-state index in [1.807, 2.05) is 12.1 Å². The fourth-order valence-electron chi connectivity index (χ4n) is 3.07. The van der Waals surface area contributed by atoms with Gasteiger partial charge in [-0.3, -0.25) is 14.9 Å². The first-order chi connectivity index (χ1) is 13.5. The zero-order valence-corrected chi connectivity index (χ0v) is 14.6. The molecule has 28 heavy (non-hydrogen) atoms. The average molecular weight is 375 g/mol. The van der Waals surface area contributed by atoms with Gasteiger partial charge in [0.15, 0.2) is 0 Å². The zero-order valence-electron chi connectivity index (χ0n) is 14.6. The summed E-state index contributed by atoms with van der Waals surface area (Å²) in [7, 11) is 0. The van der Waals surface area contributed by atoms with Gasteiger partial charge in [0.25, 0.3) is 11.2 Å². The molecule has 0 aliphatic heterocycles. The van der Waals surface area contributed by atoms with Crippen LogP contribution in [0.4, 0.5) is 10.1 Å². The molecule has 0 saturated heterocycles. The predicted molar refractivity (Wildman–Crippen MR) is 103 cm³/mol. The maximum absolute atomic E-state index is 13.2. The lowest BCUT2D eigenvalue weighted by Gasteiger charge is -2.11. The Morgan fingerprint density at radius 3 is 2.21 bits per heavy atom. The molecule has 0 N–H and O–H groups in total. The molecule has 0 aliphatic rings. The van der Waals surface area contributed by atoms with E-state index < -0.39 is 4.92 Å². The zero-order chi connectivity index (χ0) is 19.7. The number of benzene rings is 3. The molecule has 6 nitrogen and oxygen atoms in total. The number of hydrogen-bond donors (Lipinski definition) is 0. The van der Waals surface area contributed by atoms with Crippen LogP contribution in [0.3, 0.4) is 0 Å². The third-order valence-electron chi connectivity index (χ3n) is 4.47. The Morgan fingerprint density at radius 1 is 0.929 bits per heavy atom. The first-order valence-electron chi connectivity index (χ1n) is 8.53. The summed E-state index contributed by atoms with van der Waals surface area (Å²) < 4.78 is 14.4. The van der Waals surface area contributed by atoms with Crippen LogP contribution < -0.4 is 5.56 Å². The van der Waals surface area contributed by atoms with Gasteiger partial charge in [-0.1, -0.05) is 30.3 Å². The largest absolute Gasteiger partial charge is 0.279 e. The van der Waals surface area contributed by atoms with E-state index in [0.29, 0.717) is 23.2 Å². The van der Waals surface area contributed by atoms with Gasteiger partial charge in [-0.25, -0.2) is 4.39 Å². The minimum absolute atomic E-state index is 0.0656. The predicted octanol–water partition coefficient (Wildman–Crippen LogP) is 4.02. The van der Waals surface area contributed by atoms with Crippen molar-refractivity contribution in [3.05, 3.63) is 110 Å². The SMILES string of the molecule is O=c1c2ccccc2c(Cc2ccc(F)cc2)nn1-c1ccc([N+](=O)[O-])cc1. The van der Waals surface area contributed by atoms with Crippen molar-refractivity contribution < 1.29 is 9.31 Å². The van der Waals surface area contributed by atoms with Crippen LogP contribution in [0.5, 0.6) is 0 Å². The smallest absolute Gasteiger partial charge is 0.267 e. The second kappa shape index (κ2) is 7.03. The second-order valence-corrected chi connectivity index (χ2v) is 6.29. The Bertz CT molecular complexity index is 1230. The molecule has 7 heteroatoms. The standard InChI is InChI=1S/C21H14FN3O3/c22-15-7-5-14(6-8-15)13-20-18-3-1-2-4-19(18)21(26)24(23-20)16-9-11-17(12-10-16)25(27)28/h1-12H,13H2. The Labute approximate surface area is 158 Å². The number of aromatic nitrogens is 2. The lowest BCUT2D eigenvalue weighted by atomic mass is 10.0. The van der Waals surface area contributed by atoms with Crippen molar-refractivity contribution in [2.75, 3.05) is 0 Å². The van der Waals surface area contributed by atoms with Crippen molar-refractivity contribution in [2.24, 2.45) is 0 Å². The number of nitro groups is 1. The summed E-state index contributed by atoms with van der Waals surface area (Å²) in [6.07, 6.45) is 0.411. The van der Waals surface area contributed by atoms with Crippen LogP contribution in [0.1, 0.15) is 11.3 Å². The third kappa shape index (κ3) is 3.25. The lowest BCUT2D eigenvalue weighted by molar-refractivity contribution is -0.384. The molecule has 0 saturated carbocycles. The van der Waals surface area contributed by atoms with E-state index in [0.717, 1.165) is 10.9 Å². The number of hydrogen-bond acceptors (Lipinski definition) is 4. The highest BCUT2D eigenvalue weighted by Crippen LogP contribution is 2.19. The van der Waals surface area contributed by atoms with E-state index in [9.17, 15) is 19.3 Å². The molecule has 4 aromatic rings. The van der Waals surface area contributed by atoms with Crippen molar-refractivity contribution in [1.29, 1.82) is 0 Å². The molecular weight excluding hydrogens is 361 g/mol. The fourth-order valence-corrected chi connectivity index (χ4v) is 3.07. The van der Waals surface area contributed by atoms with Crippen LogP contribution in [0.25, 0.3) is 16.5 Å². The van der Waals surface area contributed by atoms with Crippen LogP contribution in [0.2, 0.25) is 0 Å². The quantitative estimate of drug-likeness (QED) is 0.399. The normalized spacial score (nSPS) is 10.9. The first kappa shape index (κ1) is 17.5. The summed E-state index contributed by atoms with van der Waals surface area (Å²) in [5.41, 5.74) is 1.56. The molecule has 0 fully saturated rings. The number of non-ortho nitro benzene ring substituents is 1. The summed E-state index contributed by atoms with van der Waals surface area (Å²) in [5.74, 6) is -0.322. The number of fused-ring (bicyclic) bond motifs is 1. The van der Waals surface area contributed by atoms with Gasteiger partial charge >= 0.3 is 0 Å². The van der Waals surface area contributed by atoms with Crippen LogP contribution in [-0.4, -0.2) is 14.7 Å². The molecule has 3 aromatic carbocycles. The summed E-state index contributed by atoms with van der Waals surface area (Å²) in [6, 6.07) is 18.9. The highest BCUT2D eigenvalue weighted by Gasteiger charge is 2.13. The van der Waals surface area contributed by atoms with Crippen molar-refractivity contribution in [3.63, 3.8) is 0 Å². The molecule has 0 aliphatic carbocycles. The monoisotopic (exact) mass is 375 g/mol. The van der Waals surface area contributed by atoms with Crippen LogP contribution in [0.15, 0.2) is 77.6 Å². The van der Waals surface area contributed by atoms with Gasteiger partial charge in [0, 0.05) is 23.9 Å². The van der Waals surface area contributed by atoms with Crippen molar-refractivity contribution in [2.45, 2.75) is 6.42 Å². The molecule has 0 amide bonds. The molecule has 1 heterocycles. The molecule has 0 bridgehead atoms. The molecule has 0 atom stereocenters. The van der Waals surface area contributed by atoms with E-state index >= 15 is 0 Å². The molecule has 4 rings (SSSR count). The molecule has 0 radical (unpaired) electrons. The van der Waals surface area contributed by atoms with Gasteiger partial charge in [0.1, 0.15) is 5.82 Å². The van der Waals surface area contributed by atoms with Crippen molar-refractivity contribution in [3.8, 4) is 5.69 Å². The van der Waals surface area contributed by atoms with E-state index in [1.165, 1.54) is 41.1 Å². The maximum atomic E-state index is 13.2. The van der Waals surface area contributed by atoms with Gasteiger partial charge in [0.05, 0.1) is 21.7 Å². The minimum atomic E-state index is -0.500. The molecule has 138 valence electrons.